The Hall–Kier alpha value is -1.38. The van der Waals surface area contributed by atoms with Crippen LogP contribution in [0.2, 0.25) is 0 Å². The van der Waals surface area contributed by atoms with E-state index in [2.05, 4.69) is 19.2 Å². The van der Waals surface area contributed by atoms with Crippen molar-refractivity contribution >= 4 is 12.1 Å². The molecule has 8 nitrogen and oxygen atoms in total. The molecule has 0 saturated carbocycles. The van der Waals surface area contributed by atoms with Crippen LogP contribution in [0.25, 0.3) is 0 Å². The number of carbonyl (C=O) groups is 2. The third-order valence-electron chi connectivity index (χ3n) is 4.27. The SMILES string of the molecule is CCCO[C@@H](COC[C@H](NC(=O)OC(C)(C)C)C(=O)O)[C@@H](CCC(C)C)[C@H](C)O. The van der Waals surface area contributed by atoms with Crippen LogP contribution >= 0.6 is 0 Å². The zero-order valence-electron chi connectivity index (χ0n) is 19.1. The average Bonchev–Trinajstić information content (AvgIpc) is 2.55. The predicted octanol–water partition coefficient (Wildman–Crippen LogP) is 3.21. The fourth-order valence-electron chi connectivity index (χ4n) is 2.75. The van der Waals surface area contributed by atoms with Crippen molar-refractivity contribution in [2.45, 2.75) is 91.6 Å². The summed E-state index contributed by atoms with van der Waals surface area (Å²) in [5, 5.41) is 21.9. The number of carboxylic acids is 1. The fraction of sp³-hybridized carbons (Fsp3) is 0.905. The van der Waals surface area contributed by atoms with Gasteiger partial charge in [0.15, 0.2) is 6.04 Å². The molecule has 0 bridgehead atoms. The summed E-state index contributed by atoms with van der Waals surface area (Å²) in [6, 6.07) is -1.24. The highest BCUT2D eigenvalue weighted by molar-refractivity contribution is 5.80. The zero-order valence-corrected chi connectivity index (χ0v) is 19.1. The molecule has 0 heterocycles. The van der Waals surface area contributed by atoms with Crippen molar-refractivity contribution in [1.29, 1.82) is 0 Å². The average molecular weight is 420 g/mol. The van der Waals surface area contributed by atoms with E-state index >= 15 is 0 Å². The first kappa shape index (κ1) is 27.6. The first-order valence-corrected chi connectivity index (χ1v) is 10.5. The van der Waals surface area contributed by atoms with Crippen LogP contribution in [-0.2, 0) is 19.0 Å². The number of amides is 1. The lowest BCUT2D eigenvalue weighted by Crippen LogP contribution is -2.46. The third-order valence-corrected chi connectivity index (χ3v) is 4.27. The lowest BCUT2D eigenvalue weighted by Gasteiger charge is -2.30. The van der Waals surface area contributed by atoms with Crippen molar-refractivity contribution < 1.29 is 34.0 Å². The van der Waals surface area contributed by atoms with E-state index in [1.807, 2.05) is 6.92 Å². The van der Waals surface area contributed by atoms with Crippen LogP contribution in [-0.4, -0.2) is 65.9 Å². The Morgan fingerprint density at radius 2 is 1.69 bits per heavy atom. The molecule has 0 aromatic rings. The van der Waals surface area contributed by atoms with Crippen LogP contribution in [0.3, 0.4) is 0 Å². The number of carbonyl (C=O) groups excluding carboxylic acids is 1. The Morgan fingerprint density at radius 3 is 2.14 bits per heavy atom. The number of hydrogen-bond acceptors (Lipinski definition) is 6. The van der Waals surface area contributed by atoms with Gasteiger partial charge in [0.05, 0.1) is 25.4 Å². The van der Waals surface area contributed by atoms with Gasteiger partial charge < -0.3 is 29.7 Å². The van der Waals surface area contributed by atoms with Crippen molar-refractivity contribution in [2.75, 3.05) is 19.8 Å². The van der Waals surface area contributed by atoms with Crippen LogP contribution in [0, 0.1) is 11.8 Å². The lowest BCUT2D eigenvalue weighted by atomic mass is 9.89. The van der Waals surface area contributed by atoms with Gasteiger partial charge in [-0.2, -0.15) is 0 Å². The molecule has 0 fully saturated rings. The minimum atomic E-state index is -1.24. The van der Waals surface area contributed by atoms with Crippen LogP contribution in [0.1, 0.15) is 67.7 Å². The lowest BCUT2D eigenvalue weighted by molar-refractivity contribution is -0.142. The highest BCUT2D eigenvalue weighted by Crippen LogP contribution is 2.22. The van der Waals surface area contributed by atoms with Gasteiger partial charge in [-0.25, -0.2) is 9.59 Å². The second-order valence-electron chi connectivity index (χ2n) is 8.86. The smallest absolute Gasteiger partial charge is 0.408 e. The molecule has 0 unspecified atom stereocenters. The summed E-state index contributed by atoms with van der Waals surface area (Å²) in [6.45, 7) is 13.5. The van der Waals surface area contributed by atoms with Gasteiger partial charge in [-0.05, 0) is 46.5 Å². The summed E-state index contributed by atoms with van der Waals surface area (Å²) in [4.78, 5) is 23.3. The highest BCUT2D eigenvalue weighted by atomic mass is 16.6. The molecule has 0 aliphatic rings. The van der Waals surface area contributed by atoms with E-state index in [-0.39, 0.29) is 25.2 Å². The summed E-state index contributed by atoms with van der Waals surface area (Å²) in [7, 11) is 0. The molecule has 0 spiro atoms. The van der Waals surface area contributed by atoms with E-state index in [1.165, 1.54) is 0 Å². The molecule has 0 aliphatic heterocycles. The molecule has 0 rings (SSSR count). The maximum atomic E-state index is 11.8. The number of aliphatic carboxylic acids is 1. The molecule has 0 aliphatic carbocycles. The Bertz CT molecular complexity index is 474. The number of carboxylic acid groups (broad SMARTS) is 1. The van der Waals surface area contributed by atoms with E-state index in [1.54, 1.807) is 27.7 Å². The molecule has 172 valence electrons. The van der Waals surface area contributed by atoms with Crippen molar-refractivity contribution in [1.82, 2.24) is 5.32 Å². The number of alkyl carbamates (subject to hydrolysis) is 1. The number of aliphatic hydroxyl groups is 1. The molecule has 1 amide bonds. The monoisotopic (exact) mass is 419 g/mol. The Labute approximate surface area is 175 Å². The van der Waals surface area contributed by atoms with E-state index in [9.17, 15) is 19.8 Å². The molecule has 4 atom stereocenters. The summed E-state index contributed by atoms with van der Waals surface area (Å²) in [6.07, 6.45) is 0.807. The summed E-state index contributed by atoms with van der Waals surface area (Å²) >= 11 is 0. The molecule has 0 aromatic heterocycles. The summed E-state index contributed by atoms with van der Waals surface area (Å²) < 4.78 is 16.6. The standard InChI is InChI=1S/C21H41NO7/c1-8-11-28-18(16(15(4)23)10-9-14(2)3)13-27-12-17(19(24)25)22-20(26)29-21(5,6)7/h14-18,23H,8-13H2,1-7H3,(H,22,26)(H,24,25)/t15-,16-,17-,18-/m0/s1. The minimum absolute atomic E-state index is 0.119. The zero-order chi connectivity index (χ0) is 22.6. The molecule has 0 radical (unpaired) electrons. The van der Waals surface area contributed by atoms with Gasteiger partial charge >= 0.3 is 12.1 Å². The molecule has 8 heteroatoms. The normalized spacial score (nSPS) is 16.2. The largest absolute Gasteiger partial charge is 0.480 e. The summed E-state index contributed by atoms with van der Waals surface area (Å²) in [5.41, 5.74) is -0.728. The number of nitrogens with one attached hydrogen (secondary N) is 1. The molecular formula is C21H41NO7. The molecule has 0 aromatic carbocycles. The van der Waals surface area contributed by atoms with Gasteiger partial charge in [-0.15, -0.1) is 0 Å². The van der Waals surface area contributed by atoms with Gasteiger partial charge in [0, 0.05) is 12.5 Å². The van der Waals surface area contributed by atoms with E-state index in [4.69, 9.17) is 14.2 Å². The van der Waals surface area contributed by atoms with Gasteiger partial charge in [0.1, 0.15) is 5.60 Å². The number of rotatable bonds is 14. The van der Waals surface area contributed by atoms with Crippen LogP contribution < -0.4 is 5.32 Å². The Morgan fingerprint density at radius 1 is 1.07 bits per heavy atom. The topological polar surface area (TPSA) is 114 Å². The Balaban J connectivity index is 4.89. The number of ether oxygens (including phenoxy) is 3. The minimum Gasteiger partial charge on any atom is -0.480 e. The van der Waals surface area contributed by atoms with Crippen molar-refractivity contribution in [3.63, 3.8) is 0 Å². The van der Waals surface area contributed by atoms with Gasteiger partial charge in [0.25, 0.3) is 0 Å². The first-order valence-electron chi connectivity index (χ1n) is 10.5. The number of hydrogen-bond donors (Lipinski definition) is 3. The van der Waals surface area contributed by atoms with E-state index in [0.717, 1.165) is 19.3 Å². The van der Waals surface area contributed by atoms with Gasteiger partial charge in [-0.1, -0.05) is 27.2 Å². The van der Waals surface area contributed by atoms with Crippen molar-refractivity contribution in [3.05, 3.63) is 0 Å². The van der Waals surface area contributed by atoms with Gasteiger partial charge in [-0.3, -0.25) is 0 Å². The maximum Gasteiger partial charge on any atom is 0.408 e. The van der Waals surface area contributed by atoms with Crippen molar-refractivity contribution in [3.8, 4) is 0 Å². The van der Waals surface area contributed by atoms with E-state index < -0.39 is 29.8 Å². The third kappa shape index (κ3) is 13.5. The number of aliphatic hydroxyl groups excluding tert-OH is 1. The predicted molar refractivity (Wildman–Crippen MR) is 111 cm³/mol. The fourth-order valence-corrected chi connectivity index (χ4v) is 2.75. The Kier molecular flexibility index (Phi) is 13.1. The maximum absolute atomic E-state index is 11.8. The summed E-state index contributed by atoms with van der Waals surface area (Å²) in [5.74, 6) is -0.835. The van der Waals surface area contributed by atoms with E-state index in [0.29, 0.717) is 12.5 Å². The second kappa shape index (κ2) is 13.8. The quantitative estimate of drug-likeness (QED) is 0.396. The first-order chi connectivity index (χ1) is 13.4. The highest BCUT2D eigenvalue weighted by Gasteiger charge is 2.29. The molecular weight excluding hydrogens is 378 g/mol. The second-order valence-corrected chi connectivity index (χ2v) is 8.86. The van der Waals surface area contributed by atoms with Crippen LogP contribution in [0.4, 0.5) is 4.79 Å². The van der Waals surface area contributed by atoms with Gasteiger partial charge in [0.2, 0.25) is 0 Å². The molecule has 29 heavy (non-hydrogen) atoms. The van der Waals surface area contributed by atoms with Crippen molar-refractivity contribution in [2.24, 2.45) is 11.8 Å². The molecule has 3 N–H and O–H groups in total. The van der Waals surface area contributed by atoms with Crippen LogP contribution in [0.15, 0.2) is 0 Å². The molecule has 0 saturated heterocycles. The van der Waals surface area contributed by atoms with Crippen LogP contribution in [0.5, 0.6) is 0 Å².